The van der Waals surface area contributed by atoms with Crippen molar-refractivity contribution in [2.24, 2.45) is 10.7 Å². The van der Waals surface area contributed by atoms with E-state index in [-0.39, 0.29) is 38.0 Å². The van der Waals surface area contributed by atoms with E-state index < -0.39 is 59.4 Å². The van der Waals surface area contributed by atoms with Crippen molar-refractivity contribution >= 4 is 17.6 Å². The fourth-order valence-corrected chi connectivity index (χ4v) is 5.05. The molecule has 0 spiro atoms. The van der Waals surface area contributed by atoms with E-state index in [1.54, 1.807) is 0 Å². The van der Waals surface area contributed by atoms with Gasteiger partial charge in [0, 0.05) is 51.3 Å². The molecule has 0 aliphatic carbocycles. The Morgan fingerprint density at radius 2 is 1.64 bits per heavy atom. The first-order chi connectivity index (χ1) is 17.0. The Kier molecular flexibility index (Phi) is 7.48. The molecule has 2 N–H and O–H groups in total. The third-order valence-electron chi connectivity index (χ3n) is 6.85. The first-order valence-electron chi connectivity index (χ1n) is 11.8. The quantitative estimate of drug-likeness (QED) is 0.478. The first kappa shape index (κ1) is 26.2. The minimum atomic E-state index is -4.74. The van der Waals surface area contributed by atoms with Crippen LogP contribution in [0.25, 0.3) is 0 Å². The third-order valence-corrected chi connectivity index (χ3v) is 6.85. The first-order valence-corrected chi connectivity index (χ1v) is 11.8. The van der Waals surface area contributed by atoms with Gasteiger partial charge in [0.1, 0.15) is 5.82 Å². The summed E-state index contributed by atoms with van der Waals surface area (Å²) in [4.78, 5) is 33.6. The Morgan fingerprint density at radius 3 is 2.31 bits per heavy atom. The number of benzene rings is 1. The second-order valence-corrected chi connectivity index (χ2v) is 9.41. The van der Waals surface area contributed by atoms with E-state index in [1.165, 1.54) is 9.80 Å². The Hall–Kier alpha value is -2.83. The lowest BCUT2D eigenvalue weighted by Gasteiger charge is -2.41. The summed E-state index contributed by atoms with van der Waals surface area (Å²) in [6.07, 6.45) is -2.79. The van der Waals surface area contributed by atoms with Crippen molar-refractivity contribution in [3.63, 3.8) is 0 Å². The predicted molar refractivity (Wildman–Crippen MR) is 117 cm³/mol. The number of fused-ring (bicyclic) bond motifs is 1. The molecule has 198 valence electrons. The number of rotatable bonds is 5. The molecular weight excluding hydrogens is 492 g/mol. The van der Waals surface area contributed by atoms with Crippen molar-refractivity contribution in [3.8, 4) is 0 Å². The molecule has 0 saturated carbocycles. The summed E-state index contributed by atoms with van der Waals surface area (Å²) in [6.45, 7) is 0.555. The number of halogens is 6. The lowest BCUT2D eigenvalue weighted by atomic mass is 10.00. The lowest BCUT2D eigenvalue weighted by molar-refractivity contribution is -0.138. The van der Waals surface area contributed by atoms with Gasteiger partial charge in [-0.1, -0.05) is 0 Å². The number of hydrogen-bond donors (Lipinski definition) is 1. The van der Waals surface area contributed by atoms with Gasteiger partial charge in [0.15, 0.2) is 17.7 Å². The number of likely N-dealkylation sites (tertiary alicyclic amines) is 1. The molecule has 0 radical (unpaired) electrons. The van der Waals surface area contributed by atoms with Gasteiger partial charge in [0.05, 0.1) is 6.04 Å². The van der Waals surface area contributed by atoms with Crippen molar-refractivity contribution in [1.82, 2.24) is 14.7 Å². The topological polar surface area (TPSA) is 82.2 Å². The highest BCUT2D eigenvalue weighted by Crippen LogP contribution is 2.32. The fraction of sp³-hybridized carbons (Fsp3) is 0.609. The molecule has 4 rings (SSSR count). The van der Waals surface area contributed by atoms with Gasteiger partial charge in [-0.05, 0) is 37.3 Å². The van der Waals surface area contributed by atoms with Crippen LogP contribution >= 0.6 is 0 Å². The molecule has 3 atom stereocenters. The highest BCUT2D eigenvalue weighted by Gasteiger charge is 2.53. The number of piperazine rings is 1. The number of carbonyl (C=O) groups is 2. The highest BCUT2D eigenvalue weighted by molar-refractivity contribution is 5.96. The largest absolute Gasteiger partial charge is 0.449 e. The van der Waals surface area contributed by atoms with Crippen LogP contribution in [0.15, 0.2) is 17.1 Å². The SMILES string of the molecule is NC(CC(=O)N1CCN2C(C(F)(F)F)=NC(C(=O)N3CCCCC3)C2C1)Cc1cc(F)c(F)cc1F. The van der Waals surface area contributed by atoms with E-state index in [4.69, 9.17) is 5.73 Å². The van der Waals surface area contributed by atoms with Crippen LogP contribution in [0.3, 0.4) is 0 Å². The Labute approximate surface area is 203 Å². The summed E-state index contributed by atoms with van der Waals surface area (Å²) in [6, 6.07) is -2.10. The number of alkyl halides is 3. The summed E-state index contributed by atoms with van der Waals surface area (Å²) in [5, 5.41) is 0. The van der Waals surface area contributed by atoms with Gasteiger partial charge < -0.3 is 20.4 Å². The fourth-order valence-electron chi connectivity index (χ4n) is 5.05. The van der Waals surface area contributed by atoms with Crippen molar-refractivity contribution < 1.29 is 35.9 Å². The molecule has 0 aromatic heterocycles. The number of nitrogens with two attached hydrogens (primary N) is 1. The molecule has 2 saturated heterocycles. The number of hydrogen-bond acceptors (Lipinski definition) is 5. The normalized spacial score (nSPS) is 23.4. The Balaban J connectivity index is 1.44. The molecule has 3 heterocycles. The zero-order chi connectivity index (χ0) is 26.2. The molecule has 3 aliphatic rings. The molecule has 2 amide bonds. The summed E-state index contributed by atoms with van der Waals surface area (Å²) in [5.41, 5.74) is 5.77. The van der Waals surface area contributed by atoms with Gasteiger partial charge in [-0.25, -0.2) is 18.2 Å². The maximum atomic E-state index is 13.9. The van der Waals surface area contributed by atoms with Gasteiger partial charge >= 0.3 is 6.18 Å². The molecule has 1 aromatic carbocycles. The van der Waals surface area contributed by atoms with E-state index in [2.05, 4.69) is 4.99 Å². The average Bonchev–Trinajstić information content (AvgIpc) is 3.22. The molecule has 2 fully saturated rings. The highest BCUT2D eigenvalue weighted by atomic mass is 19.4. The van der Waals surface area contributed by atoms with E-state index in [1.807, 2.05) is 0 Å². The number of carbonyl (C=O) groups excluding carboxylic acids is 2. The molecule has 0 bridgehead atoms. The smallest absolute Gasteiger partial charge is 0.344 e. The van der Waals surface area contributed by atoms with Gasteiger partial charge in [0.25, 0.3) is 0 Å². The Bertz CT molecular complexity index is 1040. The molecule has 13 heteroatoms. The van der Waals surface area contributed by atoms with E-state index in [0.717, 1.165) is 24.2 Å². The second kappa shape index (κ2) is 10.3. The van der Waals surface area contributed by atoms with Crippen LogP contribution in [0.5, 0.6) is 0 Å². The minimum absolute atomic E-state index is 0.0404. The maximum Gasteiger partial charge on any atom is 0.449 e. The summed E-state index contributed by atoms with van der Waals surface area (Å²) in [5.74, 6) is -5.66. The number of piperidine rings is 1. The summed E-state index contributed by atoms with van der Waals surface area (Å²) >= 11 is 0. The standard InChI is InChI=1S/C23H27F6N5O2/c24-15-11-17(26)16(25)9-13(15)8-14(30)10-19(35)33-6-7-34-18(12-33)20(31-22(34)23(27,28)29)21(36)32-4-2-1-3-5-32/h9,11,14,18,20H,1-8,10,12,30H2. The zero-order valence-electron chi connectivity index (χ0n) is 19.4. The van der Waals surface area contributed by atoms with Crippen molar-refractivity contribution in [1.29, 1.82) is 0 Å². The molecule has 1 aromatic rings. The van der Waals surface area contributed by atoms with Gasteiger partial charge in [-0.2, -0.15) is 13.2 Å². The second-order valence-electron chi connectivity index (χ2n) is 9.41. The monoisotopic (exact) mass is 519 g/mol. The lowest BCUT2D eigenvalue weighted by Crippen LogP contribution is -2.60. The van der Waals surface area contributed by atoms with Crippen LogP contribution < -0.4 is 5.73 Å². The van der Waals surface area contributed by atoms with Crippen LogP contribution in [-0.2, 0) is 16.0 Å². The van der Waals surface area contributed by atoms with Crippen molar-refractivity contribution in [3.05, 3.63) is 35.1 Å². The molecule has 3 aliphatic heterocycles. The van der Waals surface area contributed by atoms with Crippen molar-refractivity contribution in [2.45, 2.75) is 56.4 Å². The number of nitrogens with zero attached hydrogens (tertiary/aromatic N) is 4. The van der Waals surface area contributed by atoms with E-state index >= 15 is 0 Å². The number of amides is 2. The number of aliphatic imine (C=N–C) groups is 1. The van der Waals surface area contributed by atoms with Crippen LogP contribution in [0, 0.1) is 17.5 Å². The van der Waals surface area contributed by atoms with Gasteiger partial charge in [-0.3, -0.25) is 9.59 Å². The van der Waals surface area contributed by atoms with Crippen LogP contribution in [0.2, 0.25) is 0 Å². The molecule has 36 heavy (non-hydrogen) atoms. The summed E-state index contributed by atoms with van der Waals surface area (Å²) < 4.78 is 81.5. The van der Waals surface area contributed by atoms with Crippen LogP contribution in [0.1, 0.15) is 31.2 Å². The number of amidine groups is 1. The average molecular weight is 519 g/mol. The zero-order valence-corrected chi connectivity index (χ0v) is 19.4. The molecular formula is C23H27F6N5O2. The van der Waals surface area contributed by atoms with Gasteiger partial charge in [0.2, 0.25) is 17.6 Å². The van der Waals surface area contributed by atoms with Crippen LogP contribution in [0.4, 0.5) is 26.3 Å². The Morgan fingerprint density at radius 1 is 0.972 bits per heavy atom. The molecule has 3 unspecified atom stereocenters. The third kappa shape index (κ3) is 5.45. The summed E-state index contributed by atoms with van der Waals surface area (Å²) in [7, 11) is 0. The predicted octanol–water partition coefficient (Wildman–Crippen LogP) is 2.23. The minimum Gasteiger partial charge on any atom is -0.344 e. The van der Waals surface area contributed by atoms with Crippen molar-refractivity contribution in [2.75, 3.05) is 32.7 Å². The maximum absolute atomic E-state index is 13.9. The van der Waals surface area contributed by atoms with Crippen LogP contribution in [-0.4, -0.2) is 89.4 Å². The van der Waals surface area contributed by atoms with E-state index in [0.29, 0.717) is 25.2 Å². The van der Waals surface area contributed by atoms with E-state index in [9.17, 15) is 35.9 Å². The molecule has 7 nitrogen and oxygen atoms in total. The van der Waals surface area contributed by atoms with Gasteiger partial charge in [-0.15, -0.1) is 0 Å².